The molecule has 0 unspecified atom stereocenters. The number of carbonyl (C=O) groups is 2. The Kier molecular flexibility index (Phi) is 4.95. The fraction of sp³-hybridized carbons (Fsp3) is 0.630. The molecule has 2 saturated carbocycles. The number of hydrogen-bond donors (Lipinski definition) is 3. The van der Waals surface area contributed by atoms with Crippen molar-refractivity contribution in [2.75, 3.05) is 6.61 Å². The molecule has 3 N–H and O–H groups in total. The van der Waals surface area contributed by atoms with E-state index in [-0.39, 0.29) is 28.6 Å². The second kappa shape index (κ2) is 7.15. The molecule has 4 aliphatic carbocycles. The van der Waals surface area contributed by atoms with Crippen molar-refractivity contribution in [1.82, 2.24) is 4.57 Å². The van der Waals surface area contributed by atoms with E-state index in [9.17, 15) is 24.9 Å². The molecule has 0 aromatic carbocycles. The van der Waals surface area contributed by atoms with Gasteiger partial charge in [0.25, 0.3) is 0 Å². The molecule has 5 rings (SSSR count). The van der Waals surface area contributed by atoms with Gasteiger partial charge in [-0.15, -0.1) is 0 Å². The van der Waals surface area contributed by atoms with Crippen molar-refractivity contribution in [2.45, 2.75) is 58.8 Å². The summed E-state index contributed by atoms with van der Waals surface area (Å²) in [5.41, 5.74) is -1.76. The van der Waals surface area contributed by atoms with Crippen LogP contribution in [0.15, 0.2) is 35.6 Å². The van der Waals surface area contributed by atoms with Crippen molar-refractivity contribution in [1.29, 1.82) is 0 Å². The van der Waals surface area contributed by atoms with Crippen molar-refractivity contribution in [2.24, 2.45) is 41.5 Å². The van der Waals surface area contributed by atoms with E-state index >= 15 is 0 Å². The zero-order valence-corrected chi connectivity index (χ0v) is 20.7. The van der Waals surface area contributed by atoms with Crippen LogP contribution in [0.2, 0.25) is 0 Å². The molecule has 4 aliphatic rings. The lowest BCUT2D eigenvalue weighted by Gasteiger charge is -2.48. The number of fused-ring (bicyclic) bond motifs is 3. The lowest BCUT2D eigenvalue weighted by Crippen LogP contribution is -2.65. The molecule has 0 saturated heterocycles. The lowest BCUT2D eigenvalue weighted by atomic mass is 9.59. The molecular weight excluding hydrogens is 434 g/mol. The predicted molar refractivity (Wildman–Crippen MR) is 125 cm³/mol. The molecule has 1 aromatic heterocycles. The average Bonchev–Trinajstić information content (AvgIpc) is 3.05. The van der Waals surface area contributed by atoms with Gasteiger partial charge in [-0.3, -0.25) is 4.79 Å². The van der Waals surface area contributed by atoms with E-state index in [1.807, 2.05) is 6.92 Å². The van der Waals surface area contributed by atoms with Gasteiger partial charge in [-0.05, 0) is 66.2 Å². The minimum Gasteiger partial charge on any atom is -0.450 e. The van der Waals surface area contributed by atoms with Gasteiger partial charge in [-0.1, -0.05) is 32.9 Å². The SMILES string of the molecule is CC1=C[C@]23C(=O)[C@@H](C=C(CO)[C@@H](O)[C@]2(O)[C@H]1OC(=O)c1c(C)ccn1C)[C@H]1[C@@H](C[C@H]3C)C1(C)C. The van der Waals surface area contributed by atoms with E-state index in [0.717, 1.165) is 12.0 Å². The molecule has 0 aliphatic heterocycles. The molecule has 2 fully saturated rings. The number of hydrogen-bond acceptors (Lipinski definition) is 6. The molecule has 1 heterocycles. The largest absolute Gasteiger partial charge is 0.450 e. The number of aryl methyl sites for hydroxylation is 2. The molecule has 7 nitrogen and oxygen atoms in total. The topological polar surface area (TPSA) is 109 Å². The summed E-state index contributed by atoms with van der Waals surface area (Å²) in [4.78, 5) is 27.6. The van der Waals surface area contributed by atoms with E-state index in [4.69, 9.17) is 4.74 Å². The minimum atomic E-state index is -2.12. The van der Waals surface area contributed by atoms with Gasteiger partial charge < -0.3 is 24.6 Å². The van der Waals surface area contributed by atoms with E-state index < -0.39 is 41.7 Å². The smallest absolute Gasteiger partial charge is 0.355 e. The number of aromatic nitrogens is 1. The van der Waals surface area contributed by atoms with E-state index in [1.54, 1.807) is 49.9 Å². The van der Waals surface area contributed by atoms with Crippen LogP contribution in [0, 0.1) is 41.4 Å². The number of rotatable bonds is 3. The Balaban J connectivity index is 1.65. The van der Waals surface area contributed by atoms with Crippen LogP contribution in [0.4, 0.5) is 0 Å². The zero-order valence-electron chi connectivity index (χ0n) is 20.7. The third kappa shape index (κ3) is 2.63. The van der Waals surface area contributed by atoms with E-state index in [2.05, 4.69) is 13.8 Å². The first kappa shape index (κ1) is 23.5. The summed E-state index contributed by atoms with van der Waals surface area (Å²) in [5, 5.41) is 34.1. The van der Waals surface area contributed by atoms with Crippen molar-refractivity contribution < 1.29 is 29.6 Å². The molecular formula is C27H35NO6. The Bertz CT molecular complexity index is 1120. The molecule has 2 bridgehead atoms. The number of carbonyl (C=O) groups excluding carboxylic acids is 2. The number of aliphatic hydroxyl groups excluding tert-OH is 2. The monoisotopic (exact) mass is 469 g/mol. The minimum absolute atomic E-state index is 0.0338. The summed E-state index contributed by atoms with van der Waals surface area (Å²) in [6.45, 7) is 9.30. The second-order valence-electron chi connectivity index (χ2n) is 11.6. The van der Waals surface area contributed by atoms with Crippen LogP contribution in [0.25, 0.3) is 0 Å². The van der Waals surface area contributed by atoms with Gasteiger partial charge in [-0.25, -0.2) is 4.79 Å². The third-order valence-electron chi connectivity index (χ3n) is 9.59. The fourth-order valence-electron chi connectivity index (χ4n) is 7.72. The van der Waals surface area contributed by atoms with Gasteiger partial charge >= 0.3 is 5.97 Å². The highest BCUT2D eigenvalue weighted by Gasteiger charge is 2.76. The van der Waals surface area contributed by atoms with Crippen molar-refractivity contribution in [3.8, 4) is 0 Å². The van der Waals surface area contributed by atoms with Gasteiger partial charge in [0.1, 0.15) is 11.8 Å². The Labute approximate surface area is 200 Å². The third-order valence-corrected chi connectivity index (χ3v) is 9.59. The predicted octanol–water partition coefficient (Wildman–Crippen LogP) is 2.33. The Morgan fingerprint density at radius 2 is 1.97 bits per heavy atom. The average molecular weight is 470 g/mol. The molecule has 184 valence electrons. The Hall–Kier alpha value is -2.22. The fourth-order valence-corrected chi connectivity index (χ4v) is 7.72. The molecule has 0 amide bonds. The number of ether oxygens (including phenoxy) is 1. The standard InChI is InChI=1S/C27H35NO6/c1-13-7-8-28(6)20(13)24(32)34-23-14(2)11-26-15(3)9-18-19(25(18,4)5)17(22(26)31)10-16(12-29)21(30)27(23,26)33/h7-8,10-11,15,17-19,21,23,29-30,33H,9,12H2,1-6H3/t15-,17+,18-,19+,21-,23+,26+,27+/m1/s1. The van der Waals surface area contributed by atoms with Crippen molar-refractivity contribution in [3.63, 3.8) is 0 Å². The normalized spacial score (nSPS) is 42.1. The first-order chi connectivity index (χ1) is 15.8. The highest BCUT2D eigenvalue weighted by atomic mass is 16.6. The maximum absolute atomic E-state index is 14.3. The molecule has 34 heavy (non-hydrogen) atoms. The van der Waals surface area contributed by atoms with Crippen LogP contribution in [0.1, 0.15) is 50.2 Å². The van der Waals surface area contributed by atoms with Crippen LogP contribution in [-0.4, -0.2) is 56.1 Å². The van der Waals surface area contributed by atoms with Crippen LogP contribution in [0.5, 0.6) is 0 Å². The molecule has 7 heteroatoms. The summed E-state index contributed by atoms with van der Waals surface area (Å²) in [6.07, 6.45) is 3.11. The van der Waals surface area contributed by atoms with Crippen LogP contribution >= 0.6 is 0 Å². The van der Waals surface area contributed by atoms with Gasteiger partial charge in [0.2, 0.25) is 0 Å². The number of ketones is 1. The number of nitrogens with zero attached hydrogens (tertiary/aromatic N) is 1. The summed E-state index contributed by atoms with van der Waals surface area (Å²) in [7, 11) is 1.74. The first-order valence-corrected chi connectivity index (χ1v) is 12.1. The maximum Gasteiger partial charge on any atom is 0.355 e. The van der Waals surface area contributed by atoms with Crippen LogP contribution in [0.3, 0.4) is 0 Å². The molecule has 8 atom stereocenters. The maximum atomic E-state index is 14.3. The van der Waals surface area contributed by atoms with Gasteiger partial charge in [0.15, 0.2) is 17.5 Å². The van der Waals surface area contributed by atoms with Crippen LogP contribution in [-0.2, 0) is 16.6 Å². The number of esters is 1. The summed E-state index contributed by atoms with van der Waals surface area (Å²) >= 11 is 0. The van der Waals surface area contributed by atoms with Gasteiger partial charge in [0, 0.05) is 19.2 Å². The number of allylic oxidation sites excluding steroid dienone is 1. The quantitative estimate of drug-likeness (QED) is 0.463. The highest BCUT2D eigenvalue weighted by Crippen LogP contribution is 2.71. The number of Topliss-reactive ketones (excluding diaryl/α,β-unsaturated/α-hetero) is 1. The van der Waals surface area contributed by atoms with Crippen molar-refractivity contribution >= 4 is 11.8 Å². The summed E-state index contributed by atoms with van der Waals surface area (Å²) in [6, 6.07) is 1.80. The van der Waals surface area contributed by atoms with E-state index in [0.29, 0.717) is 17.2 Å². The second-order valence-corrected chi connectivity index (χ2v) is 11.6. The van der Waals surface area contributed by atoms with Crippen LogP contribution < -0.4 is 0 Å². The van der Waals surface area contributed by atoms with Gasteiger partial charge in [0.05, 0.1) is 12.0 Å². The Morgan fingerprint density at radius 1 is 1.29 bits per heavy atom. The van der Waals surface area contributed by atoms with Crippen molar-refractivity contribution in [3.05, 3.63) is 46.8 Å². The molecule has 1 aromatic rings. The first-order valence-electron chi connectivity index (χ1n) is 12.1. The number of aliphatic hydroxyl groups is 3. The molecule has 0 radical (unpaired) electrons. The lowest BCUT2D eigenvalue weighted by molar-refractivity contribution is -0.190. The zero-order chi connectivity index (χ0) is 25.0. The van der Waals surface area contributed by atoms with E-state index in [1.165, 1.54) is 0 Å². The van der Waals surface area contributed by atoms with Gasteiger partial charge in [-0.2, -0.15) is 0 Å². The summed E-state index contributed by atoms with van der Waals surface area (Å²) < 4.78 is 7.58. The summed E-state index contributed by atoms with van der Waals surface area (Å²) in [5.74, 6) is -1.22. The Morgan fingerprint density at radius 3 is 2.56 bits per heavy atom. The molecule has 1 spiro atoms. The highest BCUT2D eigenvalue weighted by molar-refractivity contribution is 5.96.